The molecule has 1 heterocycles. The molecular formula is C20H28N2O5. The first-order valence-corrected chi connectivity index (χ1v) is 8.53. The van der Waals surface area contributed by atoms with Crippen molar-refractivity contribution in [2.24, 2.45) is 9.98 Å². The molecule has 1 saturated heterocycles. The van der Waals surface area contributed by atoms with Crippen molar-refractivity contribution in [2.45, 2.75) is 37.9 Å². The highest BCUT2D eigenvalue weighted by Gasteiger charge is 2.39. The molecule has 0 aromatic heterocycles. The van der Waals surface area contributed by atoms with Gasteiger partial charge in [0.05, 0.1) is 6.61 Å². The zero-order chi connectivity index (χ0) is 20.2. The molecule has 3 N–H and O–H groups in total. The normalized spacial score (nSPS) is 28.0. The molecule has 4 atom stereocenters. The van der Waals surface area contributed by atoms with Crippen molar-refractivity contribution in [3.8, 4) is 0 Å². The Bertz CT molecular complexity index is 649. The summed E-state index contributed by atoms with van der Waals surface area (Å²) in [5.74, 6) is 0.117. The standard InChI is InChI=1S/C20H28N2O5/c1-5-7-9-14(10-8-6-2)11-15(12-21-3)19(22-4)27-20-18(25)17(24)16(23)13-26-20/h5-10,12,16-18,20,23-25H,1,4,11,13H2,2-3H3/b8-6-,9-7-,14-10+,19-15+,21-12?. The average Bonchev–Trinajstić information content (AvgIpc) is 2.67. The molecule has 0 spiro atoms. The van der Waals surface area contributed by atoms with Crippen LogP contribution < -0.4 is 0 Å². The lowest BCUT2D eigenvalue weighted by atomic mass is 10.0. The third-order valence-corrected chi connectivity index (χ3v) is 3.73. The number of aliphatic hydroxyl groups is 3. The van der Waals surface area contributed by atoms with Crippen LogP contribution in [0.15, 0.2) is 70.0 Å². The number of allylic oxidation sites excluding steroid dienone is 8. The van der Waals surface area contributed by atoms with Crippen molar-refractivity contribution in [2.75, 3.05) is 13.7 Å². The largest absolute Gasteiger partial charge is 0.445 e. The maximum Gasteiger partial charge on any atom is 0.230 e. The molecule has 7 nitrogen and oxygen atoms in total. The zero-order valence-electron chi connectivity index (χ0n) is 15.7. The molecular weight excluding hydrogens is 348 g/mol. The molecule has 0 radical (unpaired) electrons. The van der Waals surface area contributed by atoms with Crippen LogP contribution in [0.25, 0.3) is 0 Å². The molecule has 7 heteroatoms. The molecule has 1 fully saturated rings. The number of hydrogen-bond acceptors (Lipinski definition) is 7. The van der Waals surface area contributed by atoms with Gasteiger partial charge in [0.25, 0.3) is 0 Å². The van der Waals surface area contributed by atoms with Gasteiger partial charge in [0, 0.05) is 25.3 Å². The lowest BCUT2D eigenvalue weighted by molar-refractivity contribution is -0.258. The van der Waals surface area contributed by atoms with E-state index < -0.39 is 24.6 Å². The van der Waals surface area contributed by atoms with Crippen LogP contribution in [0.2, 0.25) is 0 Å². The Kier molecular flexibility index (Phi) is 10.2. The molecule has 0 bridgehead atoms. The second-order valence-electron chi connectivity index (χ2n) is 5.78. The number of rotatable bonds is 9. The average molecular weight is 376 g/mol. The molecule has 27 heavy (non-hydrogen) atoms. The fourth-order valence-corrected chi connectivity index (χ4v) is 2.34. The summed E-state index contributed by atoms with van der Waals surface area (Å²) in [5.41, 5.74) is 1.54. The first-order chi connectivity index (χ1) is 13.0. The number of aliphatic imine (C=N–C) groups is 2. The van der Waals surface area contributed by atoms with Crippen LogP contribution in [0.4, 0.5) is 0 Å². The summed E-state index contributed by atoms with van der Waals surface area (Å²) in [7, 11) is 1.61. The van der Waals surface area contributed by atoms with Crippen molar-refractivity contribution in [1.82, 2.24) is 0 Å². The number of aliphatic hydroxyl groups excluding tert-OH is 3. The lowest BCUT2D eigenvalue weighted by Gasteiger charge is -2.35. The Hall–Kier alpha value is -2.32. The SMILES string of the molecule is C=C\C=C/C(=C\C=C/C)C/C(C=NC)=C(/N=C)OC1OCC(O)C(O)C1O. The van der Waals surface area contributed by atoms with Gasteiger partial charge in [-0.25, -0.2) is 4.99 Å². The number of nitrogens with zero attached hydrogens (tertiary/aromatic N) is 2. The fraction of sp³-hybridized carbons (Fsp3) is 0.400. The summed E-state index contributed by atoms with van der Waals surface area (Å²) in [4.78, 5) is 7.91. The molecule has 1 aliphatic rings. The van der Waals surface area contributed by atoms with E-state index in [0.717, 1.165) is 5.57 Å². The van der Waals surface area contributed by atoms with E-state index >= 15 is 0 Å². The Labute approximate surface area is 160 Å². The van der Waals surface area contributed by atoms with Crippen LogP contribution in [0.5, 0.6) is 0 Å². The van der Waals surface area contributed by atoms with Gasteiger partial charge < -0.3 is 24.8 Å². The Morgan fingerprint density at radius 3 is 2.59 bits per heavy atom. The molecule has 148 valence electrons. The minimum Gasteiger partial charge on any atom is -0.445 e. The fourth-order valence-electron chi connectivity index (χ4n) is 2.34. The molecule has 0 saturated carbocycles. The monoisotopic (exact) mass is 376 g/mol. The van der Waals surface area contributed by atoms with Crippen LogP contribution in [-0.2, 0) is 9.47 Å². The summed E-state index contributed by atoms with van der Waals surface area (Å²) in [6.07, 6.45) is 7.94. The summed E-state index contributed by atoms with van der Waals surface area (Å²) in [6.45, 7) is 8.92. The van der Waals surface area contributed by atoms with E-state index in [-0.39, 0.29) is 12.5 Å². The van der Waals surface area contributed by atoms with E-state index in [1.165, 1.54) is 0 Å². The summed E-state index contributed by atoms with van der Waals surface area (Å²) < 4.78 is 10.9. The summed E-state index contributed by atoms with van der Waals surface area (Å²) in [5, 5.41) is 29.4. The van der Waals surface area contributed by atoms with Crippen LogP contribution >= 0.6 is 0 Å². The van der Waals surface area contributed by atoms with Gasteiger partial charge in [-0.2, -0.15) is 0 Å². The predicted molar refractivity (Wildman–Crippen MR) is 107 cm³/mol. The van der Waals surface area contributed by atoms with Crippen LogP contribution in [0.1, 0.15) is 13.3 Å². The molecule has 0 aliphatic carbocycles. The minimum atomic E-state index is -1.43. The van der Waals surface area contributed by atoms with Crippen LogP contribution in [0, 0.1) is 0 Å². The van der Waals surface area contributed by atoms with E-state index in [9.17, 15) is 15.3 Å². The van der Waals surface area contributed by atoms with Gasteiger partial charge in [-0.1, -0.05) is 43.0 Å². The Morgan fingerprint density at radius 2 is 2.00 bits per heavy atom. The maximum absolute atomic E-state index is 10.1. The molecule has 0 aromatic carbocycles. The van der Waals surface area contributed by atoms with Crippen LogP contribution in [0.3, 0.4) is 0 Å². The second kappa shape index (κ2) is 12.1. The van der Waals surface area contributed by atoms with E-state index in [4.69, 9.17) is 9.47 Å². The zero-order valence-corrected chi connectivity index (χ0v) is 15.7. The van der Waals surface area contributed by atoms with E-state index in [1.807, 2.05) is 37.3 Å². The van der Waals surface area contributed by atoms with E-state index in [0.29, 0.717) is 12.0 Å². The second-order valence-corrected chi connectivity index (χ2v) is 5.78. The van der Waals surface area contributed by atoms with Gasteiger partial charge in [0.1, 0.15) is 18.3 Å². The van der Waals surface area contributed by atoms with Crippen molar-refractivity contribution < 1.29 is 24.8 Å². The minimum absolute atomic E-state index is 0.117. The van der Waals surface area contributed by atoms with E-state index in [1.54, 1.807) is 19.3 Å². The topological polar surface area (TPSA) is 104 Å². The van der Waals surface area contributed by atoms with Crippen molar-refractivity contribution in [1.29, 1.82) is 0 Å². The molecule has 1 rings (SSSR count). The first kappa shape index (κ1) is 22.7. The Morgan fingerprint density at radius 1 is 1.26 bits per heavy atom. The Balaban J connectivity index is 3.13. The van der Waals surface area contributed by atoms with Crippen molar-refractivity contribution in [3.05, 3.63) is 60.1 Å². The third kappa shape index (κ3) is 7.07. The highest BCUT2D eigenvalue weighted by molar-refractivity contribution is 5.80. The van der Waals surface area contributed by atoms with Crippen LogP contribution in [-0.4, -0.2) is 66.5 Å². The molecule has 1 aliphatic heterocycles. The summed E-state index contributed by atoms with van der Waals surface area (Å²) >= 11 is 0. The highest BCUT2D eigenvalue weighted by atomic mass is 16.7. The maximum atomic E-state index is 10.1. The molecule has 0 aromatic rings. The number of hydrogen-bond donors (Lipinski definition) is 3. The lowest BCUT2D eigenvalue weighted by Crippen LogP contribution is -2.53. The molecule has 0 amide bonds. The smallest absolute Gasteiger partial charge is 0.230 e. The van der Waals surface area contributed by atoms with Gasteiger partial charge in [-0.3, -0.25) is 4.99 Å². The van der Waals surface area contributed by atoms with Crippen molar-refractivity contribution >= 4 is 12.9 Å². The number of ether oxygens (including phenoxy) is 2. The first-order valence-electron chi connectivity index (χ1n) is 8.53. The van der Waals surface area contributed by atoms with Gasteiger partial charge in [0.2, 0.25) is 12.2 Å². The molecule has 4 unspecified atom stereocenters. The van der Waals surface area contributed by atoms with Crippen molar-refractivity contribution in [3.63, 3.8) is 0 Å². The quantitative estimate of drug-likeness (QED) is 0.323. The van der Waals surface area contributed by atoms with Gasteiger partial charge in [-0.05, 0) is 19.2 Å². The van der Waals surface area contributed by atoms with Gasteiger partial charge in [-0.15, -0.1) is 0 Å². The predicted octanol–water partition coefficient (Wildman–Crippen LogP) is 1.69. The third-order valence-electron chi connectivity index (χ3n) is 3.73. The summed E-state index contributed by atoms with van der Waals surface area (Å²) in [6, 6.07) is 0. The highest BCUT2D eigenvalue weighted by Crippen LogP contribution is 2.23. The van der Waals surface area contributed by atoms with Gasteiger partial charge in [0.15, 0.2) is 0 Å². The van der Waals surface area contributed by atoms with E-state index in [2.05, 4.69) is 23.3 Å². The van der Waals surface area contributed by atoms with Gasteiger partial charge >= 0.3 is 0 Å².